The number of benzene rings is 1. The first-order valence-corrected chi connectivity index (χ1v) is 8.58. The normalized spacial score (nSPS) is 16.5. The molecule has 1 aliphatic rings. The minimum absolute atomic E-state index is 0.124. The molecule has 1 heterocycles. The van der Waals surface area contributed by atoms with Crippen molar-refractivity contribution in [3.8, 4) is 0 Å². The van der Waals surface area contributed by atoms with Gasteiger partial charge < -0.3 is 0 Å². The monoisotopic (exact) mass is 320 g/mol. The lowest BCUT2D eigenvalue weighted by molar-refractivity contribution is 0.565. The van der Waals surface area contributed by atoms with E-state index in [1.54, 1.807) is 19.3 Å². The van der Waals surface area contributed by atoms with Gasteiger partial charge in [-0.3, -0.25) is 4.98 Å². The van der Waals surface area contributed by atoms with Gasteiger partial charge in [0.1, 0.15) is 5.82 Å². The topological polar surface area (TPSA) is 59.1 Å². The fourth-order valence-corrected chi connectivity index (χ4v) is 4.00. The summed E-state index contributed by atoms with van der Waals surface area (Å²) in [5.74, 6) is -0.438. The van der Waals surface area contributed by atoms with Gasteiger partial charge in [0, 0.05) is 24.4 Å². The minimum atomic E-state index is -3.64. The van der Waals surface area contributed by atoms with E-state index in [1.165, 1.54) is 12.1 Å². The van der Waals surface area contributed by atoms with E-state index in [4.69, 9.17) is 0 Å². The summed E-state index contributed by atoms with van der Waals surface area (Å²) < 4.78 is 40.6. The van der Waals surface area contributed by atoms with E-state index < -0.39 is 15.8 Å². The van der Waals surface area contributed by atoms with Gasteiger partial charge in [-0.15, -0.1) is 0 Å². The van der Waals surface area contributed by atoms with Crippen molar-refractivity contribution in [3.63, 3.8) is 0 Å². The highest BCUT2D eigenvalue weighted by Crippen LogP contribution is 2.47. The van der Waals surface area contributed by atoms with Gasteiger partial charge in [-0.1, -0.05) is 0 Å². The Hall–Kier alpha value is -1.79. The summed E-state index contributed by atoms with van der Waals surface area (Å²) >= 11 is 0. The average molecular weight is 320 g/mol. The standard InChI is InChI=1S/C16H17FN2O2S/c1-12-10-14(17)2-3-15(12)22(20,21)19-11-16(6-7-16)13-4-8-18-9-5-13/h2-5,8-10,19H,6-7,11H2,1H3. The number of hydrogen-bond donors (Lipinski definition) is 1. The Kier molecular flexibility index (Phi) is 3.74. The third-order valence-electron chi connectivity index (χ3n) is 4.17. The number of nitrogens with zero attached hydrogens (tertiary/aromatic N) is 1. The van der Waals surface area contributed by atoms with Crippen LogP contribution in [0.3, 0.4) is 0 Å². The van der Waals surface area contributed by atoms with E-state index in [9.17, 15) is 12.8 Å². The maximum Gasteiger partial charge on any atom is 0.240 e. The summed E-state index contributed by atoms with van der Waals surface area (Å²) in [6, 6.07) is 7.54. The maximum atomic E-state index is 13.1. The number of aryl methyl sites for hydroxylation is 1. The number of hydrogen-bond acceptors (Lipinski definition) is 3. The van der Waals surface area contributed by atoms with Gasteiger partial charge >= 0.3 is 0 Å². The Morgan fingerprint density at radius 1 is 1.23 bits per heavy atom. The Balaban J connectivity index is 1.79. The Morgan fingerprint density at radius 3 is 2.50 bits per heavy atom. The van der Waals surface area contributed by atoms with Crippen molar-refractivity contribution >= 4 is 10.0 Å². The SMILES string of the molecule is Cc1cc(F)ccc1S(=O)(=O)NCC1(c2ccncc2)CC1. The van der Waals surface area contributed by atoms with Crippen molar-refractivity contribution in [2.45, 2.75) is 30.1 Å². The smallest absolute Gasteiger partial charge is 0.240 e. The molecule has 0 saturated heterocycles. The quantitative estimate of drug-likeness (QED) is 0.921. The summed E-state index contributed by atoms with van der Waals surface area (Å²) in [5, 5.41) is 0. The Labute approximate surface area is 129 Å². The zero-order chi connectivity index (χ0) is 15.8. The first-order valence-electron chi connectivity index (χ1n) is 7.09. The number of aromatic nitrogens is 1. The molecule has 1 fully saturated rings. The minimum Gasteiger partial charge on any atom is -0.265 e. The Bertz CT molecular complexity index is 787. The molecule has 1 aliphatic carbocycles. The Morgan fingerprint density at radius 2 is 1.91 bits per heavy atom. The molecule has 0 atom stereocenters. The molecular weight excluding hydrogens is 303 g/mol. The molecule has 22 heavy (non-hydrogen) atoms. The van der Waals surface area contributed by atoms with Gasteiger partial charge in [0.2, 0.25) is 10.0 Å². The molecule has 3 rings (SSSR count). The second kappa shape index (κ2) is 5.44. The largest absolute Gasteiger partial charge is 0.265 e. The van der Waals surface area contributed by atoms with Crippen LogP contribution in [-0.2, 0) is 15.4 Å². The summed E-state index contributed by atoms with van der Waals surface area (Å²) in [5.41, 5.74) is 1.37. The van der Waals surface area contributed by atoms with E-state index in [0.717, 1.165) is 24.5 Å². The number of pyridine rings is 1. The highest BCUT2D eigenvalue weighted by atomic mass is 32.2. The molecule has 1 N–H and O–H groups in total. The van der Waals surface area contributed by atoms with Crippen molar-refractivity contribution in [2.24, 2.45) is 0 Å². The summed E-state index contributed by atoms with van der Waals surface area (Å²) in [7, 11) is -3.64. The van der Waals surface area contributed by atoms with Gasteiger partial charge in [-0.2, -0.15) is 0 Å². The molecule has 0 amide bonds. The number of rotatable bonds is 5. The fraction of sp³-hybridized carbons (Fsp3) is 0.312. The fourth-order valence-electron chi connectivity index (χ4n) is 2.65. The summed E-state index contributed by atoms with van der Waals surface area (Å²) in [4.78, 5) is 4.11. The van der Waals surface area contributed by atoms with Crippen LogP contribution in [0.2, 0.25) is 0 Å². The van der Waals surface area contributed by atoms with E-state index in [-0.39, 0.29) is 10.3 Å². The predicted octanol–water partition coefficient (Wildman–Crippen LogP) is 2.54. The maximum absolute atomic E-state index is 13.1. The van der Waals surface area contributed by atoms with Crippen molar-refractivity contribution in [3.05, 3.63) is 59.7 Å². The van der Waals surface area contributed by atoms with Crippen LogP contribution in [0.25, 0.3) is 0 Å². The molecular formula is C16H17FN2O2S. The predicted molar refractivity (Wildman–Crippen MR) is 81.5 cm³/mol. The zero-order valence-corrected chi connectivity index (χ0v) is 13.0. The van der Waals surface area contributed by atoms with Gasteiger partial charge in [0.05, 0.1) is 4.90 Å². The molecule has 0 radical (unpaired) electrons. The van der Waals surface area contributed by atoms with E-state index in [2.05, 4.69) is 9.71 Å². The van der Waals surface area contributed by atoms with Crippen LogP contribution in [-0.4, -0.2) is 19.9 Å². The lowest BCUT2D eigenvalue weighted by Gasteiger charge is -2.17. The third-order valence-corrected chi connectivity index (χ3v) is 5.73. The molecule has 6 heteroatoms. The molecule has 4 nitrogen and oxygen atoms in total. The molecule has 0 spiro atoms. The van der Waals surface area contributed by atoms with Crippen molar-refractivity contribution in [1.82, 2.24) is 9.71 Å². The van der Waals surface area contributed by atoms with Gasteiger partial charge in [0.25, 0.3) is 0 Å². The molecule has 0 bridgehead atoms. The molecule has 1 aromatic carbocycles. The van der Waals surface area contributed by atoms with E-state index in [1.807, 2.05) is 12.1 Å². The lowest BCUT2D eigenvalue weighted by Crippen LogP contribution is -2.32. The average Bonchev–Trinajstić information content (AvgIpc) is 3.27. The van der Waals surface area contributed by atoms with Crippen LogP contribution in [0, 0.1) is 12.7 Å². The van der Waals surface area contributed by atoms with E-state index in [0.29, 0.717) is 12.1 Å². The highest BCUT2D eigenvalue weighted by molar-refractivity contribution is 7.89. The van der Waals surface area contributed by atoms with Crippen molar-refractivity contribution in [2.75, 3.05) is 6.54 Å². The molecule has 1 saturated carbocycles. The number of halogens is 1. The first-order chi connectivity index (χ1) is 10.4. The molecule has 0 unspecified atom stereocenters. The number of sulfonamides is 1. The molecule has 2 aromatic rings. The van der Waals surface area contributed by atoms with Crippen molar-refractivity contribution in [1.29, 1.82) is 0 Å². The van der Waals surface area contributed by atoms with Crippen LogP contribution < -0.4 is 4.72 Å². The number of nitrogens with one attached hydrogen (secondary N) is 1. The summed E-state index contributed by atoms with van der Waals surface area (Å²) in [6.07, 6.45) is 5.33. The second-order valence-corrected chi connectivity index (χ2v) is 7.49. The van der Waals surface area contributed by atoms with E-state index >= 15 is 0 Å². The third kappa shape index (κ3) is 2.89. The molecule has 116 valence electrons. The van der Waals surface area contributed by atoms with Crippen molar-refractivity contribution < 1.29 is 12.8 Å². The summed E-state index contributed by atoms with van der Waals surface area (Å²) in [6.45, 7) is 1.93. The first kappa shape index (κ1) is 15.1. The second-order valence-electron chi connectivity index (χ2n) is 5.75. The van der Waals surface area contributed by atoms with Crippen LogP contribution >= 0.6 is 0 Å². The van der Waals surface area contributed by atoms with Crippen LogP contribution in [0.5, 0.6) is 0 Å². The lowest BCUT2D eigenvalue weighted by atomic mass is 9.98. The van der Waals surface area contributed by atoms with Gasteiger partial charge in [-0.05, 0) is 61.2 Å². The zero-order valence-electron chi connectivity index (χ0n) is 12.2. The van der Waals surface area contributed by atoms with Crippen LogP contribution in [0.4, 0.5) is 4.39 Å². The van der Waals surface area contributed by atoms with Gasteiger partial charge in [-0.25, -0.2) is 17.5 Å². The molecule has 1 aromatic heterocycles. The molecule has 0 aliphatic heterocycles. The van der Waals surface area contributed by atoms with Crippen LogP contribution in [0.15, 0.2) is 47.6 Å². The highest BCUT2D eigenvalue weighted by Gasteiger charge is 2.44. The van der Waals surface area contributed by atoms with Crippen LogP contribution in [0.1, 0.15) is 24.0 Å². The van der Waals surface area contributed by atoms with Gasteiger partial charge in [0.15, 0.2) is 0 Å².